The van der Waals surface area contributed by atoms with E-state index in [0.717, 1.165) is 18.8 Å². The van der Waals surface area contributed by atoms with Crippen molar-refractivity contribution in [2.45, 2.75) is 32.9 Å². The van der Waals surface area contributed by atoms with Gasteiger partial charge in [0.2, 0.25) is 0 Å². The highest BCUT2D eigenvalue weighted by atomic mass is 16.5. The molecule has 2 rings (SSSR count). The highest BCUT2D eigenvalue weighted by Gasteiger charge is 2.29. The lowest BCUT2D eigenvalue weighted by Crippen LogP contribution is -2.56. The summed E-state index contributed by atoms with van der Waals surface area (Å²) in [7, 11) is 1.72. The van der Waals surface area contributed by atoms with Crippen LogP contribution in [-0.4, -0.2) is 31.1 Å². The Hall–Kier alpha value is -1.06. The zero-order valence-electron chi connectivity index (χ0n) is 11.2. The van der Waals surface area contributed by atoms with Gasteiger partial charge in [0.05, 0.1) is 7.11 Å². The van der Waals surface area contributed by atoms with Crippen molar-refractivity contribution >= 4 is 0 Å². The molecule has 1 unspecified atom stereocenters. The molecule has 1 atom stereocenters. The van der Waals surface area contributed by atoms with Crippen LogP contribution in [0.1, 0.15) is 29.7 Å². The summed E-state index contributed by atoms with van der Waals surface area (Å²) in [6, 6.07) is 5.04. The minimum absolute atomic E-state index is 0.358. The van der Waals surface area contributed by atoms with Gasteiger partial charge in [-0.3, -0.25) is 4.90 Å². The summed E-state index contributed by atoms with van der Waals surface area (Å²) in [5.41, 5.74) is 9.79. The lowest BCUT2D eigenvalue weighted by atomic mass is 9.94. The van der Waals surface area contributed by atoms with Crippen LogP contribution in [0, 0.1) is 13.8 Å². The van der Waals surface area contributed by atoms with Crippen molar-refractivity contribution in [3.05, 3.63) is 28.8 Å². The van der Waals surface area contributed by atoms with Crippen LogP contribution in [0.15, 0.2) is 12.1 Å². The van der Waals surface area contributed by atoms with Crippen molar-refractivity contribution in [1.29, 1.82) is 0 Å². The minimum Gasteiger partial charge on any atom is -0.496 e. The van der Waals surface area contributed by atoms with Crippen LogP contribution in [0.5, 0.6) is 5.75 Å². The molecule has 0 aliphatic carbocycles. The maximum Gasteiger partial charge on any atom is 0.122 e. The van der Waals surface area contributed by atoms with Crippen LogP contribution >= 0.6 is 0 Å². The van der Waals surface area contributed by atoms with Crippen LogP contribution in [-0.2, 0) is 0 Å². The average Bonchev–Trinajstić information content (AvgIpc) is 2.28. The largest absolute Gasteiger partial charge is 0.496 e. The monoisotopic (exact) mass is 234 g/mol. The number of benzene rings is 1. The third kappa shape index (κ3) is 2.17. The van der Waals surface area contributed by atoms with Crippen molar-refractivity contribution in [3.63, 3.8) is 0 Å². The first-order valence-electron chi connectivity index (χ1n) is 6.18. The molecule has 1 saturated heterocycles. The predicted molar refractivity (Wildman–Crippen MR) is 70.4 cm³/mol. The van der Waals surface area contributed by atoms with Crippen molar-refractivity contribution in [2.24, 2.45) is 5.73 Å². The highest BCUT2D eigenvalue weighted by Crippen LogP contribution is 2.32. The quantitative estimate of drug-likeness (QED) is 0.869. The Morgan fingerprint density at radius 2 is 1.94 bits per heavy atom. The zero-order chi connectivity index (χ0) is 12.6. The molecular formula is C14H22N2O. The second kappa shape index (κ2) is 4.67. The standard InChI is InChI=1S/C14H22N2O/c1-9-10(2)14(17-4)6-5-13(9)11(3)16-7-12(15)8-16/h5-6,11-12H,7-8,15H2,1-4H3. The smallest absolute Gasteiger partial charge is 0.122 e. The van der Waals surface area contributed by atoms with E-state index >= 15 is 0 Å². The maximum atomic E-state index is 5.84. The number of methoxy groups -OCH3 is 1. The van der Waals surface area contributed by atoms with Gasteiger partial charge in [0.15, 0.2) is 0 Å². The third-order valence-electron chi connectivity index (χ3n) is 3.94. The Bertz CT molecular complexity index is 411. The van der Waals surface area contributed by atoms with E-state index in [-0.39, 0.29) is 0 Å². The Labute approximate surface area is 104 Å². The molecule has 2 N–H and O–H groups in total. The Morgan fingerprint density at radius 3 is 2.47 bits per heavy atom. The van der Waals surface area contributed by atoms with Gasteiger partial charge in [-0.2, -0.15) is 0 Å². The molecule has 3 heteroatoms. The van der Waals surface area contributed by atoms with Gasteiger partial charge < -0.3 is 10.5 Å². The molecule has 0 amide bonds. The second-order valence-electron chi connectivity index (χ2n) is 5.00. The highest BCUT2D eigenvalue weighted by molar-refractivity contribution is 5.44. The van der Waals surface area contributed by atoms with E-state index in [1.165, 1.54) is 16.7 Å². The van der Waals surface area contributed by atoms with Crippen LogP contribution in [0.4, 0.5) is 0 Å². The Morgan fingerprint density at radius 1 is 1.29 bits per heavy atom. The van der Waals surface area contributed by atoms with E-state index in [1.54, 1.807) is 7.11 Å². The third-order valence-corrected chi connectivity index (χ3v) is 3.94. The molecule has 0 radical (unpaired) electrons. The number of hydrogen-bond donors (Lipinski definition) is 1. The van der Waals surface area contributed by atoms with E-state index in [9.17, 15) is 0 Å². The molecule has 1 fully saturated rings. The molecule has 1 aliphatic heterocycles. The normalized spacial score (nSPS) is 18.9. The topological polar surface area (TPSA) is 38.5 Å². The zero-order valence-corrected chi connectivity index (χ0v) is 11.2. The summed E-state index contributed by atoms with van der Waals surface area (Å²) in [6.07, 6.45) is 0. The SMILES string of the molecule is COc1ccc(C(C)N2CC(N)C2)c(C)c1C. The van der Waals surface area contributed by atoms with Crippen molar-refractivity contribution in [1.82, 2.24) is 4.90 Å². The number of nitrogens with two attached hydrogens (primary N) is 1. The number of nitrogens with zero attached hydrogens (tertiary/aromatic N) is 1. The minimum atomic E-state index is 0.358. The van der Waals surface area contributed by atoms with Crippen LogP contribution in [0.2, 0.25) is 0 Å². The van der Waals surface area contributed by atoms with Gasteiger partial charge in [0, 0.05) is 25.2 Å². The van der Waals surface area contributed by atoms with Gasteiger partial charge in [-0.05, 0) is 43.5 Å². The molecular weight excluding hydrogens is 212 g/mol. The molecule has 0 spiro atoms. The molecule has 1 aromatic rings. The van der Waals surface area contributed by atoms with E-state index in [0.29, 0.717) is 12.1 Å². The molecule has 0 saturated carbocycles. The number of ether oxygens (including phenoxy) is 1. The predicted octanol–water partition coefficient (Wildman–Crippen LogP) is 2.02. The number of likely N-dealkylation sites (tertiary alicyclic amines) is 1. The lowest BCUT2D eigenvalue weighted by Gasteiger charge is -2.42. The second-order valence-corrected chi connectivity index (χ2v) is 5.00. The summed E-state index contributed by atoms with van der Waals surface area (Å²) >= 11 is 0. The summed E-state index contributed by atoms with van der Waals surface area (Å²) in [4.78, 5) is 2.42. The van der Waals surface area contributed by atoms with Gasteiger partial charge >= 0.3 is 0 Å². The first kappa shape index (κ1) is 12.4. The molecule has 0 aromatic heterocycles. The van der Waals surface area contributed by atoms with Crippen LogP contribution < -0.4 is 10.5 Å². The molecule has 1 heterocycles. The average molecular weight is 234 g/mol. The number of hydrogen-bond acceptors (Lipinski definition) is 3. The molecule has 0 bridgehead atoms. The van der Waals surface area contributed by atoms with E-state index in [1.807, 2.05) is 0 Å². The molecule has 17 heavy (non-hydrogen) atoms. The summed E-state index contributed by atoms with van der Waals surface area (Å²) in [5.74, 6) is 0.971. The van der Waals surface area contributed by atoms with Gasteiger partial charge in [-0.15, -0.1) is 0 Å². The van der Waals surface area contributed by atoms with Gasteiger partial charge in [-0.1, -0.05) is 6.07 Å². The van der Waals surface area contributed by atoms with Gasteiger partial charge in [0.25, 0.3) is 0 Å². The summed E-state index contributed by atoms with van der Waals surface area (Å²) in [5, 5.41) is 0. The van der Waals surface area contributed by atoms with Crippen molar-refractivity contribution in [3.8, 4) is 5.75 Å². The van der Waals surface area contributed by atoms with E-state index < -0.39 is 0 Å². The maximum absolute atomic E-state index is 5.84. The summed E-state index contributed by atoms with van der Waals surface area (Å²) < 4.78 is 5.34. The fraction of sp³-hybridized carbons (Fsp3) is 0.571. The Kier molecular flexibility index (Phi) is 3.40. The molecule has 1 aliphatic rings. The summed E-state index contributed by atoms with van der Waals surface area (Å²) in [6.45, 7) is 8.55. The first-order chi connectivity index (χ1) is 8.04. The number of rotatable bonds is 3. The molecule has 1 aromatic carbocycles. The van der Waals surface area contributed by atoms with E-state index in [4.69, 9.17) is 10.5 Å². The molecule has 94 valence electrons. The van der Waals surface area contributed by atoms with Crippen molar-refractivity contribution in [2.75, 3.05) is 20.2 Å². The van der Waals surface area contributed by atoms with Crippen LogP contribution in [0.25, 0.3) is 0 Å². The van der Waals surface area contributed by atoms with E-state index in [2.05, 4.69) is 37.8 Å². The lowest BCUT2D eigenvalue weighted by molar-refractivity contribution is 0.103. The fourth-order valence-electron chi connectivity index (χ4n) is 2.55. The first-order valence-corrected chi connectivity index (χ1v) is 6.18. The van der Waals surface area contributed by atoms with Crippen LogP contribution in [0.3, 0.4) is 0 Å². The Balaban J connectivity index is 2.24. The van der Waals surface area contributed by atoms with Crippen molar-refractivity contribution < 1.29 is 4.74 Å². The van der Waals surface area contributed by atoms with Gasteiger partial charge in [0.1, 0.15) is 5.75 Å². The van der Waals surface area contributed by atoms with Gasteiger partial charge in [-0.25, -0.2) is 0 Å². The fourth-order valence-corrected chi connectivity index (χ4v) is 2.55. The molecule has 3 nitrogen and oxygen atoms in total.